The molecule has 4 rings (SSSR count). The van der Waals surface area contributed by atoms with Gasteiger partial charge in [0, 0.05) is 19.0 Å². The molecule has 3 N–H and O–H groups in total. The molecule has 0 bridgehead atoms. The molecule has 0 saturated heterocycles. The lowest BCUT2D eigenvalue weighted by atomic mass is 10.0. The molecule has 0 radical (unpaired) electrons. The Morgan fingerprint density at radius 3 is 2.63 bits per heavy atom. The van der Waals surface area contributed by atoms with Crippen LogP contribution in [0.25, 0.3) is 11.2 Å². The molecule has 2 aromatic heterocycles. The number of ether oxygens (including phenoxy) is 2. The van der Waals surface area contributed by atoms with Gasteiger partial charge in [0.2, 0.25) is 0 Å². The van der Waals surface area contributed by atoms with Gasteiger partial charge in [-0.15, -0.1) is 0 Å². The highest BCUT2D eigenvalue weighted by atomic mass is 19.1. The first-order chi connectivity index (χ1) is 14.4. The first-order valence-corrected chi connectivity index (χ1v) is 10.2. The largest absolute Gasteiger partial charge is 0.486 e. The third-order valence-electron chi connectivity index (χ3n) is 5.13. The lowest BCUT2D eigenvalue weighted by Gasteiger charge is -2.20. The molecule has 1 aromatic carbocycles. The van der Waals surface area contributed by atoms with Crippen molar-refractivity contribution < 1.29 is 13.9 Å². The molecule has 0 aliphatic carbocycles. The summed E-state index contributed by atoms with van der Waals surface area (Å²) in [5.41, 5.74) is 8.92. The Kier molecular flexibility index (Phi) is 5.72. The molecule has 160 valence electrons. The van der Waals surface area contributed by atoms with Gasteiger partial charge in [-0.25, -0.2) is 4.98 Å². The van der Waals surface area contributed by atoms with Crippen molar-refractivity contribution in [1.29, 1.82) is 0 Å². The number of anilines is 1. The SMILES string of the molecule is Cc1cc2c(cc1Cc1nc3c(N)nc(F)nc3n1CCCNC(C)C)OCCO2. The number of halogens is 1. The number of hydrogen-bond acceptors (Lipinski definition) is 7. The van der Waals surface area contributed by atoms with Crippen molar-refractivity contribution in [3.05, 3.63) is 35.2 Å². The van der Waals surface area contributed by atoms with E-state index in [1.54, 1.807) is 0 Å². The van der Waals surface area contributed by atoms with Gasteiger partial charge in [0.15, 0.2) is 28.5 Å². The number of aromatic nitrogens is 4. The van der Waals surface area contributed by atoms with E-state index in [4.69, 9.17) is 15.2 Å². The van der Waals surface area contributed by atoms with Gasteiger partial charge < -0.3 is 25.1 Å². The van der Waals surface area contributed by atoms with Crippen LogP contribution in [-0.4, -0.2) is 45.3 Å². The van der Waals surface area contributed by atoms with Crippen molar-refractivity contribution in [2.24, 2.45) is 0 Å². The summed E-state index contributed by atoms with van der Waals surface area (Å²) in [4.78, 5) is 12.3. The van der Waals surface area contributed by atoms with Gasteiger partial charge in [-0.1, -0.05) is 13.8 Å². The molecule has 0 unspecified atom stereocenters. The number of fused-ring (bicyclic) bond motifs is 2. The smallest absolute Gasteiger partial charge is 0.312 e. The maximum absolute atomic E-state index is 13.9. The Morgan fingerprint density at radius 1 is 1.17 bits per heavy atom. The number of rotatable bonds is 7. The van der Waals surface area contributed by atoms with Crippen molar-refractivity contribution >= 4 is 17.0 Å². The monoisotopic (exact) mass is 414 g/mol. The van der Waals surface area contributed by atoms with Crippen molar-refractivity contribution in [2.75, 3.05) is 25.5 Å². The number of benzene rings is 1. The molecule has 0 spiro atoms. The molecule has 9 heteroatoms. The molecular weight excluding hydrogens is 387 g/mol. The van der Waals surface area contributed by atoms with E-state index >= 15 is 0 Å². The highest BCUT2D eigenvalue weighted by molar-refractivity contribution is 5.82. The predicted molar refractivity (Wildman–Crippen MR) is 112 cm³/mol. The zero-order valence-corrected chi connectivity index (χ0v) is 17.5. The summed E-state index contributed by atoms with van der Waals surface area (Å²) >= 11 is 0. The molecule has 30 heavy (non-hydrogen) atoms. The van der Waals surface area contributed by atoms with E-state index in [1.165, 1.54) is 0 Å². The summed E-state index contributed by atoms with van der Waals surface area (Å²) < 4.78 is 27.2. The second-order valence-corrected chi connectivity index (χ2v) is 7.79. The lowest BCUT2D eigenvalue weighted by molar-refractivity contribution is 0.171. The average molecular weight is 414 g/mol. The number of imidazole rings is 1. The summed E-state index contributed by atoms with van der Waals surface area (Å²) in [7, 11) is 0. The second-order valence-electron chi connectivity index (χ2n) is 7.79. The Balaban J connectivity index is 1.69. The quantitative estimate of drug-likeness (QED) is 0.453. The van der Waals surface area contributed by atoms with E-state index in [0.29, 0.717) is 43.4 Å². The highest BCUT2D eigenvalue weighted by Crippen LogP contribution is 2.34. The minimum atomic E-state index is -0.844. The Morgan fingerprint density at radius 2 is 1.90 bits per heavy atom. The summed E-state index contributed by atoms with van der Waals surface area (Å²) in [5.74, 6) is 2.31. The molecule has 0 fully saturated rings. The average Bonchev–Trinajstić information content (AvgIpc) is 3.03. The fraction of sp³-hybridized carbons (Fsp3) is 0.476. The van der Waals surface area contributed by atoms with Gasteiger partial charge in [-0.3, -0.25) is 0 Å². The fourth-order valence-electron chi connectivity index (χ4n) is 3.63. The molecule has 3 heterocycles. The van der Waals surface area contributed by atoms with Crippen molar-refractivity contribution in [1.82, 2.24) is 24.8 Å². The minimum absolute atomic E-state index is 0.0525. The van der Waals surface area contributed by atoms with Gasteiger partial charge in [0.05, 0.1) is 0 Å². The normalized spacial score (nSPS) is 13.4. The van der Waals surface area contributed by atoms with Crippen LogP contribution in [0.1, 0.15) is 37.2 Å². The van der Waals surface area contributed by atoms with Crippen LogP contribution in [0.3, 0.4) is 0 Å². The van der Waals surface area contributed by atoms with E-state index in [-0.39, 0.29) is 5.82 Å². The maximum atomic E-state index is 13.9. The topological polar surface area (TPSA) is 100 Å². The van der Waals surface area contributed by atoms with Crippen LogP contribution in [0.2, 0.25) is 0 Å². The summed E-state index contributed by atoms with van der Waals surface area (Å²) in [6.07, 6.45) is 0.545. The van der Waals surface area contributed by atoms with E-state index in [9.17, 15) is 4.39 Å². The Hall–Kier alpha value is -2.94. The highest BCUT2D eigenvalue weighted by Gasteiger charge is 2.20. The molecule has 0 saturated carbocycles. The first-order valence-electron chi connectivity index (χ1n) is 10.2. The van der Waals surface area contributed by atoms with E-state index in [1.807, 2.05) is 23.6 Å². The van der Waals surface area contributed by atoms with Crippen LogP contribution in [0, 0.1) is 13.0 Å². The summed E-state index contributed by atoms with van der Waals surface area (Å²) in [6.45, 7) is 8.80. The van der Waals surface area contributed by atoms with Crippen molar-refractivity contribution in [3.8, 4) is 11.5 Å². The van der Waals surface area contributed by atoms with E-state index < -0.39 is 6.08 Å². The summed E-state index contributed by atoms with van der Waals surface area (Å²) in [5, 5.41) is 3.40. The van der Waals surface area contributed by atoms with Gasteiger partial charge in [0.25, 0.3) is 0 Å². The number of nitrogens with one attached hydrogen (secondary N) is 1. The van der Waals surface area contributed by atoms with Crippen LogP contribution >= 0.6 is 0 Å². The van der Waals surface area contributed by atoms with Gasteiger partial charge in [0.1, 0.15) is 19.0 Å². The van der Waals surface area contributed by atoms with Crippen molar-refractivity contribution in [2.45, 2.75) is 46.2 Å². The number of nitrogen functional groups attached to an aromatic ring is 1. The third-order valence-corrected chi connectivity index (χ3v) is 5.13. The second kappa shape index (κ2) is 8.43. The van der Waals surface area contributed by atoms with Gasteiger partial charge in [-0.2, -0.15) is 14.4 Å². The lowest BCUT2D eigenvalue weighted by Crippen LogP contribution is -2.24. The predicted octanol–water partition coefficient (Wildman–Crippen LogP) is 2.61. The number of nitrogens with zero attached hydrogens (tertiary/aromatic N) is 4. The van der Waals surface area contributed by atoms with Gasteiger partial charge >= 0.3 is 6.08 Å². The number of aryl methyl sites for hydroxylation is 2. The summed E-state index contributed by atoms with van der Waals surface area (Å²) in [6, 6.07) is 4.38. The third kappa shape index (κ3) is 4.16. The molecule has 0 atom stereocenters. The van der Waals surface area contributed by atoms with Crippen LogP contribution in [-0.2, 0) is 13.0 Å². The molecule has 3 aromatic rings. The molecular formula is C21H27FN6O2. The number of hydrogen-bond donors (Lipinski definition) is 2. The molecule has 1 aliphatic heterocycles. The van der Waals surface area contributed by atoms with E-state index in [0.717, 1.165) is 41.4 Å². The van der Waals surface area contributed by atoms with Crippen LogP contribution < -0.4 is 20.5 Å². The van der Waals surface area contributed by atoms with E-state index in [2.05, 4.69) is 34.1 Å². The first kappa shape index (κ1) is 20.3. The van der Waals surface area contributed by atoms with Crippen LogP contribution in [0.4, 0.5) is 10.2 Å². The molecule has 1 aliphatic rings. The maximum Gasteiger partial charge on any atom is 0.312 e. The zero-order chi connectivity index (χ0) is 21.3. The molecule has 0 amide bonds. The standard InChI is InChI=1S/C21H27FN6O2/c1-12(2)24-5-4-6-28-17(25-18-19(23)26-21(22)27-20(18)28)11-14-10-16-15(9-13(14)3)29-7-8-30-16/h9-10,12,24H,4-8,11H2,1-3H3,(H2,23,26,27). The van der Waals surface area contributed by atoms with Crippen molar-refractivity contribution in [3.63, 3.8) is 0 Å². The molecule has 8 nitrogen and oxygen atoms in total. The number of nitrogens with two attached hydrogens (primary N) is 1. The van der Waals surface area contributed by atoms with Crippen LogP contribution in [0.15, 0.2) is 12.1 Å². The van der Waals surface area contributed by atoms with Crippen LogP contribution in [0.5, 0.6) is 11.5 Å². The minimum Gasteiger partial charge on any atom is -0.486 e. The Bertz CT molecular complexity index is 1070. The Labute approximate surface area is 174 Å². The zero-order valence-electron chi connectivity index (χ0n) is 17.5. The fourth-order valence-corrected chi connectivity index (χ4v) is 3.63. The van der Waals surface area contributed by atoms with Gasteiger partial charge in [-0.05, 0) is 43.1 Å².